The van der Waals surface area contributed by atoms with E-state index in [2.05, 4.69) is 32.0 Å². The smallest absolute Gasteiger partial charge is 0.254 e. The minimum absolute atomic E-state index is 0.0796. The monoisotopic (exact) mass is 570 g/mol. The van der Waals surface area contributed by atoms with Gasteiger partial charge < -0.3 is 19.3 Å². The molecule has 210 valence electrons. The van der Waals surface area contributed by atoms with Crippen molar-refractivity contribution in [2.45, 2.75) is 83.5 Å². The van der Waals surface area contributed by atoms with Crippen molar-refractivity contribution < 1.29 is 19.1 Å². The van der Waals surface area contributed by atoms with Crippen LogP contribution in [0.5, 0.6) is 11.5 Å². The van der Waals surface area contributed by atoms with Crippen LogP contribution in [-0.2, 0) is 11.2 Å². The number of hydrogen-bond donors (Lipinski definition) is 0. The van der Waals surface area contributed by atoms with E-state index in [1.165, 1.54) is 0 Å². The fraction of sp³-hybridized carbons (Fsp3) is 0.613. The van der Waals surface area contributed by atoms with E-state index >= 15 is 0 Å². The molecule has 3 saturated carbocycles. The first-order valence-electron chi connectivity index (χ1n) is 14.1. The highest BCUT2D eigenvalue weighted by Crippen LogP contribution is 2.63. The van der Waals surface area contributed by atoms with Gasteiger partial charge in [0.25, 0.3) is 11.7 Å². The number of ether oxygens (including phenoxy) is 2. The molecule has 2 heterocycles. The van der Waals surface area contributed by atoms with Crippen LogP contribution in [0.1, 0.15) is 80.3 Å². The molecular formula is C31H39ClN2O4S. The quantitative estimate of drug-likeness (QED) is 0.412. The minimum Gasteiger partial charge on any atom is -0.448 e. The third kappa shape index (κ3) is 3.93. The topological polar surface area (TPSA) is 59.1 Å². The van der Waals surface area contributed by atoms with Crippen LogP contribution in [0.2, 0.25) is 5.02 Å². The second-order valence-electron chi connectivity index (χ2n) is 12.6. The summed E-state index contributed by atoms with van der Waals surface area (Å²) in [5.41, 5.74) is 4.22. The van der Waals surface area contributed by atoms with Gasteiger partial charge in [-0.1, -0.05) is 17.2 Å². The highest BCUT2D eigenvalue weighted by molar-refractivity contribution is 8.02. The zero-order valence-electron chi connectivity index (χ0n) is 24.0. The first-order valence-corrected chi connectivity index (χ1v) is 15.7. The fourth-order valence-electron chi connectivity index (χ4n) is 7.80. The number of carbonyl (C=O) groups excluding carboxylic acids is 2. The lowest BCUT2D eigenvalue weighted by Gasteiger charge is -2.59. The maximum Gasteiger partial charge on any atom is 0.254 e. The van der Waals surface area contributed by atoms with E-state index in [-0.39, 0.29) is 22.6 Å². The van der Waals surface area contributed by atoms with Crippen LogP contribution in [0.25, 0.3) is 0 Å². The standard InChI is InChI=1S/C31H39ClN2O4S/c1-18-15-22(35)21(23(16-18)39-6)17-34-14-7-20-24(28(34)36)19(2)26-27(25(20)32)38-29(3,37-26)30-8-11-31(12-9-30,13-10-30)33(4)5/h16H,7-15,17H2,1-6H3/t29-,30?,31?/m0/s1. The zero-order valence-corrected chi connectivity index (χ0v) is 25.5. The third-order valence-electron chi connectivity index (χ3n) is 10.6. The lowest BCUT2D eigenvalue weighted by Crippen LogP contribution is -2.62. The van der Waals surface area contributed by atoms with Gasteiger partial charge >= 0.3 is 0 Å². The van der Waals surface area contributed by atoms with E-state index in [1.807, 2.05) is 20.1 Å². The number of amides is 1. The van der Waals surface area contributed by atoms with Crippen LogP contribution in [0, 0.1) is 12.3 Å². The van der Waals surface area contributed by atoms with E-state index < -0.39 is 5.79 Å². The third-order valence-corrected chi connectivity index (χ3v) is 11.8. The Kier molecular flexibility index (Phi) is 6.48. The number of halogens is 1. The van der Waals surface area contributed by atoms with Crippen molar-refractivity contribution in [3.05, 3.63) is 43.8 Å². The largest absolute Gasteiger partial charge is 0.448 e. The van der Waals surface area contributed by atoms with Crippen LogP contribution in [0.15, 0.2) is 22.1 Å². The number of nitrogens with zero attached hydrogens (tertiary/aromatic N) is 2. The van der Waals surface area contributed by atoms with Crippen molar-refractivity contribution in [3.8, 4) is 11.5 Å². The molecule has 0 spiro atoms. The molecule has 8 heteroatoms. The van der Waals surface area contributed by atoms with Crippen molar-refractivity contribution in [2.75, 3.05) is 33.4 Å². The molecule has 39 heavy (non-hydrogen) atoms. The van der Waals surface area contributed by atoms with Gasteiger partial charge in [0.05, 0.1) is 17.1 Å². The lowest BCUT2D eigenvalue weighted by atomic mass is 9.54. The van der Waals surface area contributed by atoms with Gasteiger partial charge in [-0.25, -0.2) is 0 Å². The Bertz CT molecular complexity index is 1320. The number of carbonyl (C=O) groups is 2. The molecule has 4 aliphatic carbocycles. The number of allylic oxidation sites excluding steroid dienone is 2. The highest BCUT2D eigenvalue weighted by atomic mass is 35.5. The van der Waals surface area contributed by atoms with Crippen molar-refractivity contribution in [1.29, 1.82) is 0 Å². The Morgan fingerprint density at radius 1 is 1.05 bits per heavy atom. The minimum atomic E-state index is -0.813. The molecule has 1 atom stereocenters. The molecule has 6 aliphatic rings. The normalized spacial score (nSPS) is 31.8. The Labute approximate surface area is 241 Å². The van der Waals surface area contributed by atoms with Gasteiger partial charge in [0.2, 0.25) is 0 Å². The second kappa shape index (κ2) is 9.28. The molecule has 2 bridgehead atoms. The van der Waals surface area contributed by atoms with Crippen molar-refractivity contribution in [2.24, 2.45) is 5.41 Å². The first-order chi connectivity index (χ1) is 18.4. The zero-order chi connectivity index (χ0) is 27.9. The number of Topliss-reactive ketones (excluding diaryl/α,β-unsaturated/α-hetero) is 1. The van der Waals surface area contributed by atoms with Crippen LogP contribution in [0.4, 0.5) is 0 Å². The predicted octanol–water partition coefficient (Wildman–Crippen LogP) is 6.32. The van der Waals surface area contributed by atoms with Crippen LogP contribution in [0.3, 0.4) is 0 Å². The molecular weight excluding hydrogens is 532 g/mol. The average molecular weight is 571 g/mol. The maximum absolute atomic E-state index is 13.9. The van der Waals surface area contributed by atoms with Crippen LogP contribution < -0.4 is 9.47 Å². The molecule has 3 fully saturated rings. The number of ketones is 1. The SMILES string of the molecule is CSC1=C(CN2CCc3c(Cl)c4c(c(C)c3C2=O)O[C@](C)(C23CCC(N(C)C)(CC2)CC3)O4)C(=O)CC(C)=C1. The Morgan fingerprint density at radius 2 is 1.69 bits per heavy atom. The van der Waals surface area contributed by atoms with Gasteiger partial charge in [-0.3, -0.25) is 9.59 Å². The van der Waals surface area contributed by atoms with Crippen LogP contribution >= 0.6 is 23.4 Å². The first kappa shape index (κ1) is 27.2. The molecule has 0 unspecified atom stereocenters. The molecule has 1 aromatic carbocycles. The van der Waals surface area contributed by atoms with E-state index in [0.29, 0.717) is 48.0 Å². The molecule has 0 N–H and O–H groups in total. The summed E-state index contributed by atoms with van der Waals surface area (Å²) >= 11 is 8.57. The summed E-state index contributed by atoms with van der Waals surface area (Å²) in [4.78, 5) is 32.0. The lowest BCUT2D eigenvalue weighted by molar-refractivity contribution is -0.211. The van der Waals surface area contributed by atoms with E-state index in [0.717, 1.165) is 65.7 Å². The molecule has 2 aliphatic heterocycles. The van der Waals surface area contributed by atoms with E-state index in [4.69, 9.17) is 21.1 Å². The Morgan fingerprint density at radius 3 is 2.31 bits per heavy atom. The van der Waals surface area contributed by atoms with Gasteiger partial charge in [0.1, 0.15) is 0 Å². The summed E-state index contributed by atoms with van der Waals surface area (Å²) in [7, 11) is 4.40. The van der Waals surface area contributed by atoms with Gasteiger partial charge in [0, 0.05) is 46.9 Å². The summed E-state index contributed by atoms with van der Waals surface area (Å²) in [5.74, 6) is 0.402. The van der Waals surface area contributed by atoms with Crippen molar-refractivity contribution in [3.63, 3.8) is 0 Å². The molecule has 6 nitrogen and oxygen atoms in total. The van der Waals surface area contributed by atoms with Gasteiger partial charge in [-0.05, 0) is 90.8 Å². The maximum atomic E-state index is 13.9. The molecule has 7 rings (SSSR count). The van der Waals surface area contributed by atoms with Gasteiger partial charge in [0.15, 0.2) is 17.3 Å². The second-order valence-corrected chi connectivity index (χ2v) is 13.8. The summed E-state index contributed by atoms with van der Waals surface area (Å²) < 4.78 is 13.5. The number of benzene rings is 1. The van der Waals surface area contributed by atoms with E-state index in [9.17, 15) is 9.59 Å². The Hall–Kier alpha value is -1.96. The molecule has 0 aromatic heterocycles. The fourth-order valence-corrected chi connectivity index (χ4v) is 8.85. The summed E-state index contributed by atoms with van der Waals surface area (Å²) in [5, 5.41) is 0.504. The summed E-state index contributed by atoms with van der Waals surface area (Å²) in [6.07, 6.45) is 11.6. The average Bonchev–Trinajstić information content (AvgIpc) is 3.30. The van der Waals surface area contributed by atoms with Crippen molar-refractivity contribution in [1.82, 2.24) is 9.80 Å². The summed E-state index contributed by atoms with van der Waals surface area (Å²) in [6, 6.07) is 0. The molecule has 1 amide bonds. The van der Waals surface area contributed by atoms with E-state index in [1.54, 1.807) is 16.7 Å². The highest BCUT2D eigenvalue weighted by Gasteiger charge is 2.63. The number of fused-ring (bicyclic) bond motifs is 5. The number of rotatable bonds is 5. The Balaban J connectivity index is 1.31. The van der Waals surface area contributed by atoms with Crippen LogP contribution in [-0.4, -0.2) is 66.3 Å². The van der Waals surface area contributed by atoms with Gasteiger partial charge in [-0.15, -0.1) is 11.8 Å². The van der Waals surface area contributed by atoms with Crippen molar-refractivity contribution >= 4 is 35.1 Å². The summed E-state index contributed by atoms with van der Waals surface area (Å²) in [6.45, 7) is 6.83. The van der Waals surface area contributed by atoms with Gasteiger partial charge in [-0.2, -0.15) is 0 Å². The molecule has 0 saturated heterocycles. The molecule has 0 radical (unpaired) electrons. The molecule has 1 aromatic rings. The number of hydrogen-bond acceptors (Lipinski definition) is 6. The number of thioether (sulfide) groups is 1. The predicted molar refractivity (Wildman–Crippen MR) is 156 cm³/mol.